The highest BCUT2D eigenvalue weighted by atomic mass is 16.5. The lowest BCUT2D eigenvalue weighted by atomic mass is 9.93. The highest BCUT2D eigenvalue weighted by Crippen LogP contribution is 2.32. The summed E-state index contributed by atoms with van der Waals surface area (Å²) in [5.41, 5.74) is -0.614. The molecule has 0 aromatic carbocycles. The fourth-order valence-electron chi connectivity index (χ4n) is 3.16. The molecule has 0 spiro atoms. The van der Waals surface area contributed by atoms with Gasteiger partial charge in [-0.3, -0.25) is 4.90 Å². The van der Waals surface area contributed by atoms with Crippen LogP contribution in [0, 0.1) is 5.92 Å². The molecule has 1 aliphatic heterocycles. The van der Waals surface area contributed by atoms with Crippen molar-refractivity contribution in [1.82, 2.24) is 4.90 Å². The number of morpholine rings is 1. The number of aliphatic hydroxyl groups excluding tert-OH is 1. The van der Waals surface area contributed by atoms with Crippen LogP contribution in [0.3, 0.4) is 0 Å². The molecule has 3 atom stereocenters. The predicted molar refractivity (Wildman–Crippen MR) is 70.4 cm³/mol. The van der Waals surface area contributed by atoms with Crippen LogP contribution in [0.15, 0.2) is 0 Å². The lowest BCUT2D eigenvalue weighted by Gasteiger charge is -2.40. The van der Waals surface area contributed by atoms with Crippen LogP contribution in [0.4, 0.5) is 0 Å². The maximum absolute atomic E-state index is 10.1. The van der Waals surface area contributed by atoms with E-state index in [0.29, 0.717) is 12.0 Å². The van der Waals surface area contributed by atoms with Gasteiger partial charge in [0.1, 0.15) is 0 Å². The van der Waals surface area contributed by atoms with Gasteiger partial charge in [-0.15, -0.1) is 0 Å². The van der Waals surface area contributed by atoms with E-state index in [4.69, 9.17) is 4.74 Å². The van der Waals surface area contributed by atoms with Crippen LogP contribution >= 0.6 is 0 Å². The molecule has 0 amide bonds. The third-order valence-electron chi connectivity index (χ3n) is 4.32. The lowest BCUT2D eigenvalue weighted by molar-refractivity contribution is -0.0580. The van der Waals surface area contributed by atoms with Gasteiger partial charge in [0.25, 0.3) is 0 Å². The number of ether oxygens (including phenoxy) is 1. The van der Waals surface area contributed by atoms with Crippen molar-refractivity contribution in [1.29, 1.82) is 0 Å². The van der Waals surface area contributed by atoms with Crippen LogP contribution in [-0.2, 0) is 4.74 Å². The number of nitrogens with zero attached hydrogens (tertiary/aromatic N) is 1. The first kappa shape index (κ1) is 14.3. The molecule has 3 unspecified atom stereocenters. The number of rotatable bonds is 4. The molecule has 2 rings (SSSR count). The average molecular weight is 257 g/mol. The monoisotopic (exact) mass is 257 g/mol. The maximum atomic E-state index is 10.1. The van der Waals surface area contributed by atoms with Crippen LogP contribution in [0.2, 0.25) is 0 Å². The third-order valence-corrected chi connectivity index (χ3v) is 4.32. The van der Waals surface area contributed by atoms with Crippen molar-refractivity contribution in [2.24, 2.45) is 5.92 Å². The van der Waals surface area contributed by atoms with Gasteiger partial charge in [-0.2, -0.15) is 0 Å². The first-order valence-corrected chi connectivity index (χ1v) is 7.19. The van der Waals surface area contributed by atoms with Crippen LogP contribution in [0.1, 0.15) is 39.5 Å². The summed E-state index contributed by atoms with van der Waals surface area (Å²) >= 11 is 0. The summed E-state index contributed by atoms with van der Waals surface area (Å²) < 4.78 is 5.59. The molecule has 1 aliphatic carbocycles. The van der Waals surface area contributed by atoms with Crippen molar-refractivity contribution in [3.05, 3.63) is 0 Å². The summed E-state index contributed by atoms with van der Waals surface area (Å²) in [5.74, 6) is 0.354. The summed E-state index contributed by atoms with van der Waals surface area (Å²) in [6.45, 7) is 7.02. The van der Waals surface area contributed by atoms with E-state index in [2.05, 4.69) is 4.90 Å². The summed E-state index contributed by atoms with van der Waals surface area (Å²) in [5, 5.41) is 19.9. The number of hydrogen-bond acceptors (Lipinski definition) is 4. The lowest BCUT2D eigenvalue weighted by Crippen LogP contribution is -2.52. The molecule has 1 saturated heterocycles. The minimum Gasteiger partial charge on any atom is -0.393 e. The molecule has 4 nitrogen and oxygen atoms in total. The van der Waals surface area contributed by atoms with E-state index in [1.54, 1.807) is 0 Å². The van der Waals surface area contributed by atoms with Gasteiger partial charge in [-0.1, -0.05) is 6.42 Å². The first-order chi connectivity index (χ1) is 8.47. The van der Waals surface area contributed by atoms with E-state index in [0.717, 1.165) is 52.0 Å². The molecule has 0 radical (unpaired) electrons. The van der Waals surface area contributed by atoms with E-state index in [9.17, 15) is 10.2 Å². The fourth-order valence-corrected chi connectivity index (χ4v) is 3.16. The van der Waals surface area contributed by atoms with Gasteiger partial charge in [-0.05, 0) is 33.1 Å². The van der Waals surface area contributed by atoms with Crippen LogP contribution in [-0.4, -0.2) is 59.2 Å². The van der Waals surface area contributed by atoms with Gasteiger partial charge in [0, 0.05) is 25.0 Å². The molecular weight excluding hydrogens is 230 g/mol. The Bertz CT molecular complexity index is 264. The molecule has 1 saturated carbocycles. The predicted octanol–water partition coefficient (Wildman–Crippen LogP) is 1.01. The average Bonchev–Trinajstić information content (AvgIpc) is 2.72. The van der Waals surface area contributed by atoms with Gasteiger partial charge in [0.15, 0.2) is 0 Å². The van der Waals surface area contributed by atoms with Crippen LogP contribution < -0.4 is 0 Å². The van der Waals surface area contributed by atoms with E-state index in [1.807, 2.05) is 13.8 Å². The van der Waals surface area contributed by atoms with Crippen LogP contribution in [0.25, 0.3) is 0 Å². The summed E-state index contributed by atoms with van der Waals surface area (Å²) in [6.07, 6.45) is 3.77. The summed E-state index contributed by atoms with van der Waals surface area (Å²) in [6, 6.07) is 0.332. The maximum Gasteiger partial charge on any atom is 0.0626 e. The first-order valence-electron chi connectivity index (χ1n) is 7.19. The standard InChI is InChI=1S/C14H27NO3/c1-14(2,17)6-7-15-8-9-18-10-12(15)11-4-3-5-13(11)16/h11-13,16-17H,3-10H2,1-2H3. The fraction of sp³-hybridized carbons (Fsp3) is 1.00. The third kappa shape index (κ3) is 3.67. The molecule has 2 N–H and O–H groups in total. The zero-order chi connectivity index (χ0) is 13.2. The van der Waals surface area contributed by atoms with E-state index < -0.39 is 5.60 Å². The normalized spacial score (nSPS) is 35.0. The van der Waals surface area contributed by atoms with Gasteiger partial charge in [0.2, 0.25) is 0 Å². The molecule has 0 aromatic heterocycles. The minimum atomic E-state index is -0.614. The van der Waals surface area contributed by atoms with E-state index in [1.165, 1.54) is 0 Å². The topological polar surface area (TPSA) is 52.9 Å². The van der Waals surface area contributed by atoms with Gasteiger partial charge < -0.3 is 14.9 Å². The smallest absolute Gasteiger partial charge is 0.0626 e. The molecule has 0 aromatic rings. The molecule has 2 fully saturated rings. The van der Waals surface area contributed by atoms with Crippen molar-refractivity contribution in [2.75, 3.05) is 26.3 Å². The molecule has 1 heterocycles. The Hall–Kier alpha value is -0.160. The highest BCUT2D eigenvalue weighted by Gasteiger charge is 2.37. The van der Waals surface area contributed by atoms with Gasteiger partial charge in [-0.25, -0.2) is 0 Å². The van der Waals surface area contributed by atoms with Crippen molar-refractivity contribution in [3.8, 4) is 0 Å². The molecule has 18 heavy (non-hydrogen) atoms. The molecule has 2 aliphatic rings. The summed E-state index contributed by atoms with van der Waals surface area (Å²) in [7, 11) is 0. The Labute approximate surface area is 110 Å². The van der Waals surface area contributed by atoms with Gasteiger partial charge in [0.05, 0.1) is 24.9 Å². The summed E-state index contributed by atoms with van der Waals surface area (Å²) in [4.78, 5) is 2.40. The molecule has 0 bridgehead atoms. The molecular formula is C14H27NO3. The van der Waals surface area contributed by atoms with Crippen LogP contribution in [0.5, 0.6) is 0 Å². The number of hydrogen-bond donors (Lipinski definition) is 2. The van der Waals surface area contributed by atoms with Crippen molar-refractivity contribution in [2.45, 2.75) is 57.3 Å². The van der Waals surface area contributed by atoms with E-state index in [-0.39, 0.29) is 6.10 Å². The zero-order valence-corrected chi connectivity index (χ0v) is 11.6. The van der Waals surface area contributed by atoms with Crippen molar-refractivity contribution >= 4 is 0 Å². The molecule has 106 valence electrons. The van der Waals surface area contributed by atoms with Crippen molar-refractivity contribution in [3.63, 3.8) is 0 Å². The second-order valence-corrected chi connectivity index (χ2v) is 6.40. The van der Waals surface area contributed by atoms with E-state index >= 15 is 0 Å². The zero-order valence-electron chi connectivity index (χ0n) is 11.6. The Kier molecular flexibility index (Phi) is 4.64. The Morgan fingerprint density at radius 1 is 1.33 bits per heavy atom. The number of aliphatic hydroxyl groups is 2. The van der Waals surface area contributed by atoms with Gasteiger partial charge >= 0.3 is 0 Å². The SMILES string of the molecule is CC(C)(O)CCN1CCOCC1C1CCCC1O. The Balaban J connectivity index is 1.93. The Morgan fingerprint density at radius 2 is 2.11 bits per heavy atom. The molecule has 4 heteroatoms. The highest BCUT2D eigenvalue weighted by molar-refractivity contribution is 4.90. The second-order valence-electron chi connectivity index (χ2n) is 6.40. The minimum absolute atomic E-state index is 0.165. The quantitative estimate of drug-likeness (QED) is 0.789. The second kappa shape index (κ2) is 5.87. The largest absolute Gasteiger partial charge is 0.393 e. The van der Waals surface area contributed by atoms with Crippen molar-refractivity contribution < 1.29 is 14.9 Å². The Morgan fingerprint density at radius 3 is 2.72 bits per heavy atom.